The van der Waals surface area contributed by atoms with Gasteiger partial charge in [0.1, 0.15) is 11.6 Å². The molecule has 0 spiro atoms. The molecular weight excluding hydrogens is 274 g/mol. The molecule has 112 valence electrons. The molecule has 21 heavy (non-hydrogen) atoms. The highest BCUT2D eigenvalue weighted by Crippen LogP contribution is 2.49. The molecule has 2 aliphatic rings. The van der Waals surface area contributed by atoms with Gasteiger partial charge in [-0.3, -0.25) is 4.79 Å². The highest BCUT2D eigenvalue weighted by Gasteiger charge is 2.46. The zero-order chi connectivity index (χ0) is 14.8. The lowest BCUT2D eigenvalue weighted by molar-refractivity contribution is -0.122. The van der Waals surface area contributed by atoms with Gasteiger partial charge in [-0.1, -0.05) is 17.7 Å². The summed E-state index contributed by atoms with van der Waals surface area (Å²) in [6.07, 6.45) is 3.52. The first-order valence-electron chi connectivity index (χ1n) is 7.27. The Balaban J connectivity index is 1.57. The van der Waals surface area contributed by atoms with Crippen LogP contribution in [0.25, 0.3) is 0 Å². The molecule has 1 aromatic rings. The zero-order valence-electron chi connectivity index (χ0n) is 11.7. The molecule has 1 aliphatic heterocycles. The van der Waals surface area contributed by atoms with Crippen LogP contribution in [0.4, 0.5) is 8.78 Å². The zero-order valence-corrected chi connectivity index (χ0v) is 11.7. The van der Waals surface area contributed by atoms with Gasteiger partial charge >= 0.3 is 0 Å². The lowest BCUT2D eigenvalue weighted by Gasteiger charge is -2.14. The van der Waals surface area contributed by atoms with Crippen LogP contribution in [0.15, 0.2) is 29.8 Å². The molecule has 3 nitrogen and oxygen atoms in total. The number of carbonyl (C=O) groups excluding carboxylic acids is 1. The van der Waals surface area contributed by atoms with Crippen molar-refractivity contribution in [2.24, 2.45) is 5.92 Å². The Morgan fingerprint density at radius 3 is 2.76 bits per heavy atom. The molecule has 2 unspecified atom stereocenters. The summed E-state index contributed by atoms with van der Waals surface area (Å²) < 4.78 is 27.3. The van der Waals surface area contributed by atoms with Gasteiger partial charge in [-0.15, -0.1) is 0 Å². The molecule has 5 heteroatoms. The van der Waals surface area contributed by atoms with E-state index in [-0.39, 0.29) is 23.3 Å². The van der Waals surface area contributed by atoms with Gasteiger partial charge in [0.2, 0.25) is 5.91 Å². The van der Waals surface area contributed by atoms with Crippen LogP contribution in [0.2, 0.25) is 0 Å². The number of benzene rings is 1. The van der Waals surface area contributed by atoms with Crippen LogP contribution in [0, 0.1) is 17.6 Å². The minimum absolute atomic E-state index is 0.0544. The molecule has 0 saturated heterocycles. The fourth-order valence-corrected chi connectivity index (χ4v) is 2.83. The molecule has 1 saturated carbocycles. The predicted molar refractivity (Wildman–Crippen MR) is 75.8 cm³/mol. The number of rotatable bonds is 4. The third-order valence-corrected chi connectivity index (χ3v) is 4.15. The first kappa shape index (κ1) is 14.2. The van der Waals surface area contributed by atoms with E-state index < -0.39 is 11.6 Å². The molecule has 0 radical (unpaired) electrons. The number of halogens is 2. The van der Waals surface area contributed by atoms with Gasteiger partial charge in [0.25, 0.3) is 0 Å². The molecule has 2 atom stereocenters. The average molecular weight is 292 g/mol. The summed E-state index contributed by atoms with van der Waals surface area (Å²) >= 11 is 0. The molecule has 3 rings (SSSR count). The van der Waals surface area contributed by atoms with Crippen LogP contribution in [0.5, 0.6) is 0 Å². The number of hydrogen-bond donors (Lipinski definition) is 2. The molecule has 1 aliphatic carbocycles. The maximum Gasteiger partial charge on any atom is 0.224 e. The van der Waals surface area contributed by atoms with Crippen LogP contribution in [-0.4, -0.2) is 25.5 Å². The van der Waals surface area contributed by atoms with Gasteiger partial charge < -0.3 is 10.6 Å². The molecule has 1 heterocycles. The van der Waals surface area contributed by atoms with Crippen LogP contribution in [0.1, 0.15) is 24.3 Å². The first-order chi connectivity index (χ1) is 10.2. The lowest BCUT2D eigenvalue weighted by atomic mass is 10.1. The second-order valence-corrected chi connectivity index (χ2v) is 5.62. The highest BCUT2D eigenvalue weighted by molar-refractivity contribution is 5.83. The van der Waals surface area contributed by atoms with Crippen LogP contribution in [0.3, 0.4) is 0 Å². The van der Waals surface area contributed by atoms with Crippen molar-refractivity contribution in [3.8, 4) is 0 Å². The number of carbonyl (C=O) groups is 1. The van der Waals surface area contributed by atoms with Crippen molar-refractivity contribution in [1.82, 2.24) is 10.6 Å². The predicted octanol–water partition coefficient (Wildman–Crippen LogP) is 2.10. The molecule has 1 amide bonds. The minimum Gasteiger partial charge on any atom is -0.352 e. The van der Waals surface area contributed by atoms with E-state index in [4.69, 9.17) is 0 Å². The number of hydrogen-bond acceptors (Lipinski definition) is 2. The Kier molecular flexibility index (Phi) is 4.01. The molecule has 1 fully saturated rings. The van der Waals surface area contributed by atoms with Crippen molar-refractivity contribution in [3.05, 3.63) is 47.0 Å². The topological polar surface area (TPSA) is 41.1 Å². The van der Waals surface area contributed by atoms with Gasteiger partial charge in [0.15, 0.2) is 0 Å². The largest absolute Gasteiger partial charge is 0.352 e. The van der Waals surface area contributed by atoms with E-state index in [1.54, 1.807) is 0 Å². The van der Waals surface area contributed by atoms with Crippen molar-refractivity contribution in [2.75, 3.05) is 19.6 Å². The first-order valence-corrected chi connectivity index (χ1v) is 7.27. The monoisotopic (exact) mass is 292 g/mol. The molecule has 0 aromatic heterocycles. The standard InChI is InChI=1S/C16H18F2N2O/c17-13-2-1-3-14(18)15(13)11-8-12(11)16(21)20-9-10-4-6-19-7-5-10/h1-4,11-12,19H,5-9H2,(H,20,21). The summed E-state index contributed by atoms with van der Waals surface area (Å²) in [6, 6.07) is 3.83. The smallest absolute Gasteiger partial charge is 0.224 e. The molecule has 1 aromatic carbocycles. The summed E-state index contributed by atoms with van der Waals surface area (Å²) in [5.74, 6) is -1.86. The summed E-state index contributed by atoms with van der Waals surface area (Å²) in [4.78, 5) is 12.1. The van der Waals surface area contributed by atoms with Crippen molar-refractivity contribution >= 4 is 5.91 Å². The third-order valence-electron chi connectivity index (χ3n) is 4.15. The maximum absolute atomic E-state index is 13.7. The Hall–Kier alpha value is -1.75. The van der Waals surface area contributed by atoms with E-state index >= 15 is 0 Å². The fraction of sp³-hybridized carbons (Fsp3) is 0.438. The summed E-state index contributed by atoms with van der Waals surface area (Å²) in [6.45, 7) is 2.29. The van der Waals surface area contributed by atoms with Gasteiger partial charge in [-0.2, -0.15) is 0 Å². The number of nitrogens with one attached hydrogen (secondary N) is 2. The normalized spacial score (nSPS) is 24.4. The second-order valence-electron chi connectivity index (χ2n) is 5.62. The lowest BCUT2D eigenvalue weighted by Crippen LogP contribution is -2.30. The Morgan fingerprint density at radius 2 is 2.10 bits per heavy atom. The van der Waals surface area contributed by atoms with Crippen LogP contribution >= 0.6 is 0 Å². The number of amides is 1. The van der Waals surface area contributed by atoms with Crippen molar-refractivity contribution in [2.45, 2.75) is 18.8 Å². The highest BCUT2D eigenvalue weighted by atomic mass is 19.1. The van der Waals surface area contributed by atoms with E-state index in [9.17, 15) is 13.6 Å². The third kappa shape index (κ3) is 3.13. The van der Waals surface area contributed by atoms with Crippen LogP contribution in [-0.2, 0) is 4.79 Å². The van der Waals surface area contributed by atoms with E-state index in [0.717, 1.165) is 19.5 Å². The average Bonchev–Trinajstić information content (AvgIpc) is 3.26. The SMILES string of the molecule is O=C(NCC1=CCNCC1)C1CC1c1c(F)cccc1F. The van der Waals surface area contributed by atoms with Crippen molar-refractivity contribution in [1.29, 1.82) is 0 Å². The maximum atomic E-state index is 13.7. The molecule has 2 N–H and O–H groups in total. The minimum atomic E-state index is -0.559. The Morgan fingerprint density at radius 1 is 1.33 bits per heavy atom. The van der Waals surface area contributed by atoms with Gasteiger partial charge in [-0.05, 0) is 31.5 Å². The Bertz CT molecular complexity index is 565. The van der Waals surface area contributed by atoms with Crippen molar-refractivity contribution < 1.29 is 13.6 Å². The van der Waals surface area contributed by atoms with Gasteiger partial charge in [0, 0.05) is 30.5 Å². The van der Waals surface area contributed by atoms with E-state index in [1.165, 1.54) is 23.8 Å². The van der Waals surface area contributed by atoms with Crippen LogP contribution < -0.4 is 10.6 Å². The summed E-state index contributed by atoms with van der Waals surface area (Å²) in [7, 11) is 0. The molecule has 0 bridgehead atoms. The Labute approximate surface area is 122 Å². The second kappa shape index (κ2) is 5.93. The van der Waals surface area contributed by atoms with E-state index in [1.807, 2.05) is 0 Å². The van der Waals surface area contributed by atoms with Crippen molar-refractivity contribution in [3.63, 3.8) is 0 Å². The summed E-state index contributed by atoms with van der Waals surface area (Å²) in [5, 5.41) is 6.08. The quantitative estimate of drug-likeness (QED) is 0.835. The van der Waals surface area contributed by atoms with E-state index in [0.29, 0.717) is 13.0 Å². The summed E-state index contributed by atoms with van der Waals surface area (Å²) in [5.41, 5.74) is 1.26. The van der Waals surface area contributed by atoms with Gasteiger partial charge in [-0.25, -0.2) is 8.78 Å². The fourth-order valence-electron chi connectivity index (χ4n) is 2.83. The van der Waals surface area contributed by atoms with Gasteiger partial charge in [0.05, 0.1) is 0 Å². The van der Waals surface area contributed by atoms with E-state index in [2.05, 4.69) is 16.7 Å². The molecular formula is C16H18F2N2O.